The van der Waals surface area contributed by atoms with Gasteiger partial charge in [0.1, 0.15) is 0 Å². The summed E-state index contributed by atoms with van der Waals surface area (Å²) in [6.07, 6.45) is -3.28. The average Bonchev–Trinajstić information content (AvgIpc) is 2.51. The predicted molar refractivity (Wildman–Crippen MR) is 79.4 cm³/mol. The van der Waals surface area contributed by atoms with E-state index < -0.39 is 12.3 Å². The highest BCUT2D eigenvalue weighted by atomic mass is 17.1. The molecule has 0 aliphatic heterocycles. The molecule has 160 valence electrons. The smallest absolute Gasteiger partial charge is 0.0847 e. The minimum absolute atomic E-state index is 0.192. The number of rotatable bonds is 8. The van der Waals surface area contributed by atoms with Gasteiger partial charge < -0.3 is 39.5 Å². The molecule has 0 heterocycles. The fourth-order valence-corrected chi connectivity index (χ4v) is 0.787. The lowest BCUT2D eigenvalue weighted by Crippen LogP contribution is -2.37. The van der Waals surface area contributed by atoms with Gasteiger partial charge in [0.25, 0.3) is 0 Å². The maximum absolute atomic E-state index is 8.33. The van der Waals surface area contributed by atoms with Crippen LogP contribution in [0.3, 0.4) is 0 Å². The molecule has 0 saturated heterocycles. The number of ether oxygens (including phenoxy) is 2. The first-order valence-corrected chi connectivity index (χ1v) is 7.10. The Bertz CT molecular complexity index is 290. The number of carbonyl (C=O) groups is 2. The van der Waals surface area contributed by atoms with E-state index in [0.717, 1.165) is 0 Å². The SMILES string of the molecule is COC(C)(C)CCOO.COC(C)(C)CCOO.O=C([O-])[O-].O=C([O-])[O-]. The number of methoxy groups -OCH3 is 2. The van der Waals surface area contributed by atoms with Crippen LogP contribution >= 0.6 is 0 Å². The number of carboxylic acid groups (broad SMARTS) is 4. The zero-order valence-electron chi connectivity index (χ0n) is 15.8. The summed E-state index contributed by atoms with van der Waals surface area (Å²) in [6.45, 7) is 8.39. The Balaban J connectivity index is -0.000000134. The van der Waals surface area contributed by atoms with Crippen molar-refractivity contribution in [2.45, 2.75) is 51.7 Å². The molecular weight excluding hydrogens is 360 g/mol. The summed E-state index contributed by atoms with van der Waals surface area (Å²) in [5.74, 6) is 0. The maximum Gasteiger partial charge on any atom is 0.0847 e. The molecule has 2 N–H and O–H groups in total. The van der Waals surface area contributed by atoms with Crippen molar-refractivity contribution in [1.29, 1.82) is 0 Å². The fourth-order valence-electron chi connectivity index (χ4n) is 0.787. The molecule has 0 saturated carbocycles. The van der Waals surface area contributed by atoms with Gasteiger partial charge in [-0.2, -0.15) is 0 Å². The molecule has 0 aliphatic rings. The largest absolute Gasteiger partial charge is 0.652 e. The zero-order chi connectivity index (χ0) is 21.8. The summed E-state index contributed by atoms with van der Waals surface area (Å²) in [5, 5.41) is 49.3. The maximum atomic E-state index is 8.33. The Morgan fingerprint density at radius 2 is 0.923 bits per heavy atom. The van der Waals surface area contributed by atoms with Gasteiger partial charge in [-0.05, 0) is 40.0 Å². The predicted octanol–water partition coefficient (Wildman–Crippen LogP) is -2.31. The van der Waals surface area contributed by atoms with Gasteiger partial charge in [0, 0.05) is 27.1 Å². The molecule has 0 rings (SSSR count). The Morgan fingerprint density at radius 1 is 0.731 bits per heavy atom. The van der Waals surface area contributed by atoms with E-state index in [-0.39, 0.29) is 11.2 Å². The van der Waals surface area contributed by atoms with Crippen LogP contribution in [0.5, 0.6) is 0 Å². The Kier molecular flexibility index (Phi) is 24.2. The zero-order valence-corrected chi connectivity index (χ0v) is 15.8. The topological polar surface area (TPSA) is 204 Å². The van der Waals surface area contributed by atoms with Gasteiger partial charge in [-0.1, -0.05) is 0 Å². The molecule has 0 spiro atoms. The van der Waals surface area contributed by atoms with Gasteiger partial charge in [0.05, 0.1) is 24.4 Å². The lowest BCUT2D eigenvalue weighted by Gasteiger charge is -2.21. The minimum atomic E-state index is -2.33. The second-order valence-corrected chi connectivity index (χ2v) is 5.59. The van der Waals surface area contributed by atoms with Crippen LogP contribution in [0.2, 0.25) is 0 Å². The van der Waals surface area contributed by atoms with E-state index in [1.807, 2.05) is 27.7 Å². The van der Waals surface area contributed by atoms with Crippen LogP contribution in [0.1, 0.15) is 40.5 Å². The van der Waals surface area contributed by atoms with E-state index in [4.69, 9.17) is 50.0 Å². The van der Waals surface area contributed by atoms with Crippen molar-refractivity contribution in [1.82, 2.24) is 0 Å². The van der Waals surface area contributed by atoms with Crippen molar-refractivity contribution in [2.75, 3.05) is 27.4 Å². The summed E-state index contributed by atoms with van der Waals surface area (Å²) in [7, 11) is 3.27. The van der Waals surface area contributed by atoms with Gasteiger partial charge in [0.2, 0.25) is 0 Å². The molecule has 0 unspecified atom stereocenters. The van der Waals surface area contributed by atoms with Crippen LogP contribution in [0.15, 0.2) is 0 Å². The molecule has 0 aromatic rings. The summed E-state index contributed by atoms with van der Waals surface area (Å²) in [5.41, 5.74) is -0.383. The summed E-state index contributed by atoms with van der Waals surface area (Å²) in [4.78, 5) is 24.5. The lowest BCUT2D eigenvalue weighted by atomic mass is 10.1. The molecule has 26 heavy (non-hydrogen) atoms. The third-order valence-corrected chi connectivity index (χ3v) is 2.70. The van der Waals surface area contributed by atoms with Gasteiger partial charge in [-0.15, -0.1) is 0 Å². The van der Waals surface area contributed by atoms with E-state index >= 15 is 0 Å². The van der Waals surface area contributed by atoms with Crippen molar-refractivity contribution < 1.29 is 59.8 Å². The second kappa shape index (κ2) is 19.6. The van der Waals surface area contributed by atoms with E-state index in [1.165, 1.54) is 0 Å². The van der Waals surface area contributed by atoms with Crippen LogP contribution in [-0.2, 0) is 19.2 Å². The minimum Gasteiger partial charge on any atom is -0.652 e. The van der Waals surface area contributed by atoms with Crippen molar-refractivity contribution in [2.24, 2.45) is 0 Å². The summed E-state index contributed by atoms with van der Waals surface area (Å²) < 4.78 is 10.1. The Labute approximate surface area is 152 Å². The number of hydrogen-bond acceptors (Lipinski definition) is 12. The van der Waals surface area contributed by atoms with E-state index in [0.29, 0.717) is 26.1 Å². The van der Waals surface area contributed by atoms with E-state index in [2.05, 4.69) is 9.78 Å². The van der Waals surface area contributed by atoms with Crippen LogP contribution < -0.4 is 20.4 Å². The molecule has 0 aliphatic carbocycles. The van der Waals surface area contributed by atoms with Crippen molar-refractivity contribution >= 4 is 12.3 Å². The van der Waals surface area contributed by atoms with Crippen LogP contribution in [0.25, 0.3) is 0 Å². The van der Waals surface area contributed by atoms with Gasteiger partial charge in [0.15, 0.2) is 0 Å². The highest BCUT2D eigenvalue weighted by Gasteiger charge is 2.15. The van der Waals surface area contributed by atoms with Crippen molar-refractivity contribution in [3.8, 4) is 0 Å². The molecule has 0 radical (unpaired) electrons. The van der Waals surface area contributed by atoms with Crippen molar-refractivity contribution in [3.05, 3.63) is 0 Å². The number of carbonyl (C=O) groups excluding carboxylic acids is 2. The Morgan fingerprint density at radius 3 is 1.04 bits per heavy atom. The highest BCUT2D eigenvalue weighted by Crippen LogP contribution is 2.12. The monoisotopic (exact) mass is 388 g/mol. The summed E-state index contributed by atoms with van der Waals surface area (Å²) >= 11 is 0. The number of hydrogen-bond donors (Lipinski definition) is 2. The molecule has 12 nitrogen and oxygen atoms in total. The first-order valence-electron chi connectivity index (χ1n) is 7.10. The van der Waals surface area contributed by atoms with Gasteiger partial charge in [-0.25, -0.2) is 9.78 Å². The quantitative estimate of drug-likeness (QED) is 0.332. The average molecular weight is 388 g/mol. The van der Waals surface area contributed by atoms with Gasteiger partial charge >= 0.3 is 0 Å². The third kappa shape index (κ3) is 49.5. The molecule has 0 atom stereocenters. The van der Waals surface area contributed by atoms with E-state index in [1.54, 1.807) is 14.2 Å². The molecule has 0 aromatic heterocycles. The third-order valence-electron chi connectivity index (χ3n) is 2.70. The Hall–Kier alpha value is -1.70. The molecule has 0 aromatic carbocycles. The van der Waals surface area contributed by atoms with Crippen molar-refractivity contribution in [3.63, 3.8) is 0 Å². The molecule has 0 bridgehead atoms. The summed E-state index contributed by atoms with van der Waals surface area (Å²) in [6, 6.07) is 0. The fraction of sp³-hybridized carbons (Fsp3) is 0.857. The van der Waals surface area contributed by atoms with Gasteiger partial charge in [-0.3, -0.25) is 10.5 Å². The van der Waals surface area contributed by atoms with E-state index in [9.17, 15) is 0 Å². The first kappa shape index (κ1) is 32.0. The first-order chi connectivity index (χ1) is 11.7. The standard InChI is InChI=1S/2C6H14O3.2CH2O3/c2*1-6(2,8-3)4-5-9-7;2*2-1(3)4/h2*7H,4-5H2,1-3H3;2*(H2,2,3,4)/p-4. The second-order valence-electron chi connectivity index (χ2n) is 5.59. The molecule has 0 amide bonds. The molecule has 0 fully saturated rings. The lowest BCUT2D eigenvalue weighted by molar-refractivity contribution is -0.417. The van der Waals surface area contributed by atoms with Crippen LogP contribution in [-0.4, -0.2) is 61.5 Å². The normalized spacial score (nSPS) is 10.2. The van der Waals surface area contributed by atoms with Crippen LogP contribution in [0.4, 0.5) is 9.59 Å². The molecule has 12 heteroatoms. The molecular formula is C14H28O12-4. The highest BCUT2D eigenvalue weighted by molar-refractivity contribution is 5.47. The van der Waals surface area contributed by atoms with Crippen LogP contribution in [0, 0.1) is 0 Å².